The highest BCUT2D eigenvalue weighted by atomic mass is 14.9. The number of imidazole rings is 1. The van der Waals surface area contributed by atoms with Crippen LogP contribution in [0.5, 0.6) is 0 Å². The first-order valence-electron chi connectivity index (χ1n) is 7.59. The Bertz CT molecular complexity index is 374. The maximum atomic E-state index is 4.34. The van der Waals surface area contributed by atoms with Crippen molar-refractivity contribution in [1.29, 1.82) is 0 Å². The topological polar surface area (TPSA) is 28.7 Å². The van der Waals surface area contributed by atoms with Gasteiger partial charge in [-0.25, -0.2) is 4.98 Å². The summed E-state index contributed by atoms with van der Waals surface area (Å²) in [6.45, 7) is 0. The molecule has 0 spiro atoms. The molecular formula is C16H24N2. The largest absolute Gasteiger partial charge is 0.351 e. The Morgan fingerprint density at radius 3 is 2.94 bits per heavy atom. The Morgan fingerprint density at radius 2 is 2.17 bits per heavy atom. The van der Waals surface area contributed by atoms with E-state index >= 15 is 0 Å². The zero-order chi connectivity index (χ0) is 12.2. The molecule has 1 aromatic rings. The van der Waals surface area contributed by atoms with Crippen LogP contribution in [0.25, 0.3) is 0 Å². The minimum atomic E-state index is 0.696. The van der Waals surface area contributed by atoms with E-state index in [0.29, 0.717) is 5.92 Å². The fourth-order valence-electron chi connectivity index (χ4n) is 3.32. The van der Waals surface area contributed by atoms with Crippen molar-refractivity contribution in [2.75, 3.05) is 0 Å². The van der Waals surface area contributed by atoms with Crippen LogP contribution in [0.1, 0.15) is 63.0 Å². The second-order valence-corrected chi connectivity index (χ2v) is 6.01. The lowest BCUT2D eigenvalue weighted by atomic mass is 9.86. The summed E-state index contributed by atoms with van der Waals surface area (Å²) in [5.41, 5.74) is 1.25. The Morgan fingerprint density at radius 1 is 1.28 bits per heavy atom. The number of hydrogen-bond acceptors (Lipinski definition) is 1. The van der Waals surface area contributed by atoms with Gasteiger partial charge in [0, 0.05) is 12.1 Å². The average molecular weight is 244 g/mol. The van der Waals surface area contributed by atoms with Gasteiger partial charge in [-0.1, -0.05) is 44.3 Å². The first kappa shape index (κ1) is 12.0. The fourth-order valence-corrected chi connectivity index (χ4v) is 3.32. The Hall–Kier alpha value is -1.05. The Kier molecular flexibility index (Phi) is 3.82. The molecule has 0 aromatic carbocycles. The summed E-state index contributed by atoms with van der Waals surface area (Å²) in [5.74, 6) is 2.48. The van der Waals surface area contributed by atoms with Crippen molar-refractivity contribution in [3.8, 4) is 0 Å². The third kappa shape index (κ3) is 3.04. The fraction of sp³-hybridized carbons (Fsp3) is 0.688. The zero-order valence-electron chi connectivity index (χ0n) is 11.1. The maximum absolute atomic E-state index is 4.34. The minimum Gasteiger partial charge on any atom is -0.351 e. The number of aromatic amines is 1. The summed E-state index contributed by atoms with van der Waals surface area (Å²) >= 11 is 0. The van der Waals surface area contributed by atoms with Crippen LogP contribution in [0, 0.1) is 11.8 Å². The normalized spacial score (nSPS) is 28.9. The van der Waals surface area contributed by atoms with Gasteiger partial charge in [-0.05, 0) is 31.1 Å². The average Bonchev–Trinajstić information content (AvgIpc) is 2.98. The first-order chi connectivity index (χ1) is 8.93. The molecule has 2 aliphatic carbocycles. The summed E-state index contributed by atoms with van der Waals surface area (Å²) in [5, 5.41) is 0. The van der Waals surface area contributed by atoms with Gasteiger partial charge in [-0.3, -0.25) is 0 Å². The molecule has 0 radical (unpaired) electrons. The van der Waals surface area contributed by atoms with E-state index < -0.39 is 0 Å². The maximum Gasteiger partial charge on any atom is 0.0923 e. The SMILES string of the molecule is C(=C\[C@H]1C[C@H]1c1c[nH]cn1)/CCC1CCCCC1. The number of nitrogens with one attached hydrogen (secondary N) is 1. The van der Waals surface area contributed by atoms with Crippen molar-refractivity contribution in [3.63, 3.8) is 0 Å². The van der Waals surface area contributed by atoms with Crippen LogP contribution in [-0.4, -0.2) is 9.97 Å². The van der Waals surface area contributed by atoms with Crippen LogP contribution in [-0.2, 0) is 0 Å². The van der Waals surface area contributed by atoms with Crippen LogP contribution in [0.2, 0.25) is 0 Å². The second-order valence-electron chi connectivity index (χ2n) is 6.01. The number of rotatable bonds is 5. The third-order valence-electron chi connectivity index (χ3n) is 4.59. The predicted molar refractivity (Wildman–Crippen MR) is 74.4 cm³/mol. The van der Waals surface area contributed by atoms with Crippen LogP contribution >= 0.6 is 0 Å². The third-order valence-corrected chi connectivity index (χ3v) is 4.59. The van der Waals surface area contributed by atoms with E-state index in [9.17, 15) is 0 Å². The molecule has 2 heteroatoms. The second kappa shape index (κ2) is 5.73. The number of H-pyrrole nitrogens is 1. The van der Waals surface area contributed by atoms with Gasteiger partial charge in [0.15, 0.2) is 0 Å². The molecule has 0 aliphatic heterocycles. The van der Waals surface area contributed by atoms with E-state index in [1.807, 2.05) is 6.20 Å². The number of allylic oxidation sites excluding steroid dienone is 2. The summed E-state index contributed by atoms with van der Waals surface area (Å²) < 4.78 is 0. The number of aromatic nitrogens is 2. The highest BCUT2D eigenvalue weighted by molar-refractivity contribution is 5.19. The van der Waals surface area contributed by atoms with Crippen molar-refractivity contribution in [3.05, 3.63) is 30.4 Å². The molecule has 98 valence electrons. The van der Waals surface area contributed by atoms with E-state index in [-0.39, 0.29) is 0 Å². The monoisotopic (exact) mass is 244 g/mol. The Labute approximate surface area is 110 Å². The smallest absolute Gasteiger partial charge is 0.0923 e. The predicted octanol–water partition coefficient (Wildman–Crippen LogP) is 4.43. The molecule has 2 atom stereocenters. The van der Waals surface area contributed by atoms with Gasteiger partial charge in [0.25, 0.3) is 0 Å². The standard InChI is InChI=1S/C16H24N2/c1-2-6-13(7-3-1)8-4-5-9-14-10-15(14)16-11-17-12-18-16/h5,9,11-15H,1-4,6-8,10H2,(H,17,18)/b9-5+/t14-,15+/m0/s1. The van der Waals surface area contributed by atoms with Gasteiger partial charge in [-0.15, -0.1) is 0 Å². The molecule has 18 heavy (non-hydrogen) atoms. The first-order valence-corrected chi connectivity index (χ1v) is 7.59. The van der Waals surface area contributed by atoms with Gasteiger partial charge in [-0.2, -0.15) is 0 Å². The molecule has 2 saturated carbocycles. The molecule has 1 heterocycles. The lowest BCUT2D eigenvalue weighted by molar-refractivity contribution is 0.341. The highest BCUT2D eigenvalue weighted by Gasteiger charge is 2.37. The molecule has 0 saturated heterocycles. The minimum absolute atomic E-state index is 0.696. The molecular weight excluding hydrogens is 220 g/mol. The van der Waals surface area contributed by atoms with Crippen LogP contribution in [0.4, 0.5) is 0 Å². The quantitative estimate of drug-likeness (QED) is 0.763. The van der Waals surface area contributed by atoms with Crippen molar-refractivity contribution in [2.45, 2.75) is 57.3 Å². The zero-order valence-corrected chi connectivity index (χ0v) is 11.1. The lowest BCUT2D eigenvalue weighted by Gasteiger charge is -2.20. The molecule has 2 aliphatic rings. The van der Waals surface area contributed by atoms with Crippen LogP contribution in [0.3, 0.4) is 0 Å². The van der Waals surface area contributed by atoms with Gasteiger partial charge in [0.05, 0.1) is 12.0 Å². The summed E-state index contributed by atoms with van der Waals surface area (Å²) in [6, 6.07) is 0. The molecule has 0 amide bonds. The van der Waals surface area contributed by atoms with E-state index in [1.54, 1.807) is 6.33 Å². The van der Waals surface area contributed by atoms with Crippen molar-refractivity contribution in [1.82, 2.24) is 9.97 Å². The molecule has 2 fully saturated rings. The molecule has 3 rings (SSSR count). The van der Waals surface area contributed by atoms with E-state index in [0.717, 1.165) is 11.8 Å². The molecule has 2 nitrogen and oxygen atoms in total. The van der Waals surface area contributed by atoms with Gasteiger partial charge in [0.1, 0.15) is 0 Å². The lowest BCUT2D eigenvalue weighted by Crippen LogP contribution is -2.05. The van der Waals surface area contributed by atoms with E-state index in [4.69, 9.17) is 0 Å². The van der Waals surface area contributed by atoms with Crippen molar-refractivity contribution < 1.29 is 0 Å². The van der Waals surface area contributed by atoms with Gasteiger partial charge in [0.2, 0.25) is 0 Å². The van der Waals surface area contributed by atoms with Crippen LogP contribution in [0.15, 0.2) is 24.7 Å². The van der Waals surface area contributed by atoms with Gasteiger partial charge < -0.3 is 4.98 Å². The Balaban J connectivity index is 1.35. The van der Waals surface area contributed by atoms with Crippen molar-refractivity contribution in [2.24, 2.45) is 11.8 Å². The van der Waals surface area contributed by atoms with Crippen molar-refractivity contribution >= 4 is 0 Å². The number of nitrogens with zero attached hydrogens (tertiary/aromatic N) is 1. The summed E-state index contributed by atoms with van der Waals surface area (Å²) in [7, 11) is 0. The summed E-state index contributed by atoms with van der Waals surface area (Å²) in [4.78, 5) is 7.39. The molecule has 0 bridgehead atoms. The highest BCUT2D eigenvalue weighted by Crippen LogP contribution is 2.47. The van der Waals surface area contributed by atoms with Crippen LogP contribution < -0.4 is 0 Å². The van der Waals surface area contributed by atoms with E-state index in [1.165, 1.54) is 57.1 Å². The molecule has 1 aromatic heterocycles. The van der Waals surface area contributed by atoms with E-state index in [2.05, 4.69) is 22.1 Å². The molecule has 0 unspecified atom stereocenters. The summed E-state index contributed by atoms with van der Waals surface area (Å²) in [6.07, 6.45) is 20.1. The number of hydrogen-bond donors (Lipinski definition) is 1. The van der Waals surface area contributed by atoms with Gasteiger partial charge >= 0.3 is 0 Å². The molecule has 1 N–H and O–H groups in total.